The standard InChI is InChI=1S/C17H20F2N4O3S2/c1-2-3-15-21-22-17(27-15)20-16(24)11-6-8-23(9-7-11)28(25,26)14-10-12(18)4-5-13(14)19/h4-5,10-11H,2-3,6-9H2,1H3,(H,20,22,24). The van der Waals surface area contributed by atoms with Crippen LogP contribution in [0.3, 0.4) is 0 Å². The summed E-state index contributed by atoms with van der Waals surface area (Å²) in [6, 6.07) is 2.33. The van der Waals surface area contributed by atoms with Crippen LogP contribution in [0.25, 0.3) is 0 Å². The van der Waals surface area contributed by atoms with Crippen LogP contribution in [0.1, 0.15) is 31.2 Å². The summed E-state index contributed by atoms with van der Waals surface area (Å²) in [7, 11) is -4.16. The molecule has 152 valence electrons. The smallest absolute Gasteiger partial charge is 0.246 e. The molecule has 1 amide bonds. The molecule has 28 heavy (non-hydrogen) atoms. The van der Waals surface area contributed by atoms with Gasteiger partial charge in [-0.05, 0) is 37.5 Å². The number of nitrogens with zero attached hydrogens (tertiary/aromatic N) is 3. The van der Waals surface area contributed by atoms with Crippen molar-refractivity contribution in [1.29, 1.82) is 0 Å². The second-order valence-corrected chi connectivity index (χ2v) is 9.46. The Balaban J connectivity index is 1.61. The fourth-order valence-corrected chi connectivity index (χ4v) is 5.39. The zero-order valence-corrected chi connectivity index (χ0v) is 16.8. The third-order valence-electron chi connectivity index (χ3n) is 4.50. The number of carbonyl (C=O) groups excluding carboxylic acids is 1. The number of rotatable bonds is 6. The summed E-state index contributed by atoms with van der Waals surface area (Å²) in [6.45, 7) is 2.12. The third-order valence-corrected chi connectivity index (χ3v) is 7.31. The number of piperidine rings is 1. The van der Waals surface area contributed by atoms with Crippen LogP contribution < -0.4 is 5.32 Å². The van der Waals surface area contributed by atoms with Crippen molar-refractivity contribution in [3.8, 4) is 0 Å². The molecule has 0 spiro atoms. The highest BCUT2D eigenvalue weighted by atomic mass is 32.2. The van der Waals surface area contributed by atoms with E-state index in [2.05, 4.69) is 15.5 Å². The number of hydrogen-bond donors (Lipinski definition) is 1. The Labute approximate surface area is 165 Å². The van der Waals surface area contributed by atoms with Gasteiger partial charge < -0.3 is 5.32 Å². The highest BCUT2D eigenvalue weighted by Gasteiger charge is 2.34. The molecule has 0 radical (unpaired) electrons. The van der Waals surface area contributed by atoms with Crippen LogP contribution in [0.15, 0.2) is 23.1 Å². The van der Waals surface area contributed by atoms with Crippen LogP contribution in [0, 0.1) is 17.6 Å². The lowest BCUT2D eigenvalue weighted by molar-refractivity contribution is -0.120. The van der Waals surface area contributed by atoms with E-state index in [4.69, 9.17) is 0 Å². The summed E-state index contributed by atoms with van der Waals surface area (Å²) in [4.78, 5) is 11.7. The number of aryl methyl sites for hydroxylation is 1. The maximum absolute atomic E-state index is 13.9. The molecule has 0 bridgehead atoms. The van der Waals surface area contributed by atoms with E-state index in [9.17, 15) is 22.0 Å². The number of nitrogens with one attached hydrogen (secondary N) is 1. The normalized spacial score (nSPS) is 16.2. The molecule has 1 aromatic heterocycles. The van der Waals surface area contributed by atoms with E-state index < -0.39 is 26.6 Å². The Bertz CT molecular complexity index is 957. The molecule has 1 aromatic carbocycles. The van der Waals surface area contributed by atoms with Gasteiger partial charge in [0.15, 0.2) is 0 Å². The van der Waals surface area contributed by atoms with E-state index in [-0.39, 0.29) is 37.8 Å². The molecule has 0 atom stereocenters. The van der Waals surface area contributed by atoms with Gasteiger partial charge in [-0.15, -0.1) is 10.2 Å². The number of anilines is 1. The molecule has 2 aromatic rings. The fraction of sp³-hybridized carbons (Fsp3) is 0.471. The minimum atomic E-state index is -4.16. The zero-order valence-electron chi connectivity index (χ0n) is 15.2. The number of benzene rings is 1. The summed E-state index contributed by atoms with van der Waals surface area (Å²) in [6.07, 6.45) is 2.28. The van der Waals surface area contributed by atoms with E-state index in [1.807, 2.05) is 6.92 Å². The highest BCUT2D eigenvalue weighted by molar-refractivity contribution is 7.89. The number of hydrogen-bond acceptors (Lipinski definition) is 6. The summed E-state index contributed by atoms with van der Waals surface area (Å²) in [5.74, 6) is -2.45. The molecular weight excluding hydrogens is 410 g/mol. The second kappa shape index (κ2) is 8.58. The average Bonchev–Trinajstić information content (AvgIpc) is 3.11. The first-order valence-electron chi connectivity index (χ1n) is 8.89. The molecule has 1 aliphatic heterocycles. The van der Waals surface area contributed by atoms with Gasteiger partial charge in [-0.3, -0.25) is 4.79 Å². The third kappa shape index (κ3) is 4.53. The molecule has 3 rings (SSSR count). The molecule has 7 nitrogen and oxygen atoms in total. The SMILES string of the molecule is CCCc1nnc(NC(=O)C2CCN(S(=O)(=O)c3cc(F)ccc3F)CC2)s1. The second-order valence-electron chi connectivity index (χ2n) is 6.49. The molecule has 1 saturated heterocycles. The molecule has 1 aliphatic rings. The quantitative estimate of drug-likeness (QED) is 0.761. The van der Waals surface area contributed by atoms with Gasteiger partial charge in [0.05, 0.1) is 0 Å². The van der Waals surface area contributed by atoms with Crippen molar-refractivity contribution >= 4 is 32.4 Å². The molecular formula is C17H20F2N4O3S2. The summed E-state index contributed by atoms with van der Waals surface area (Å²) >= 11 is 1.32. The minimum Gasteiger partial charge on any atom is -0.300 e. The van der Waals surface area contributed by atoms with Crippen molar-refractivity contribution < 1.29 is 22.0 Å². The van der Waals surface area contributed by atoms with E-state index in [1.165, 1.54) is 11.3 Å². The molecule has 1 fully saturated rings. The van der Waals surface area contributed by atoms with Crippen LogP contribution in [0.2, 0.25) is 0 Å². The number of carbonyl (C=O) groups is 1. The summed E-state index contributed by atoms with van der Waals surface area (Å²) in [5, 5.41) is 11.9. The number of aromatic nitrogens is 2. The van der Waals surface area contributed by atoms with Gasteiger partial charge in [-0.2, -0.15) is 4.31 Å². The van der Waals surface area contributed by atoms with Crippen molar-refractivity contribution in [2.45, 2.75) is 37.5 Å². The van der Waals surface area contributed by atoms with Crippen molar-refractivity contribution in [2.24, 2.45) is 5.92 Å². The fourth-order valence-electron chi connectivity index (χ4n) is 3.00. The number of sulfonamides is 1. The lowest BCUT2D eigenvalue weighted by atomic mass is 9.97. The van der Waals surface area contributed by atoms with Crippen molar-refractivity contribution in [2.75, 3.05) is 18.4 Å². The van der Waals surface area contributed by atoms with Gasteiger partial charge >= 0.3 is 0 Å². The zero-order chi connectivity index (χ0) is 20.3. The van der Waals surface area contributed by atoms with Gasteiger partial charge in [0, 0.05) is 25.4 Å². The maximum Gasteiger partial charge on any atom is 0.246 e. The van der Waals surface area contributed by atoms with Crippen LogP contribution in [0.5, 0.6) is 0 Å². The van der Waals surface area contributed by atoms with E-state index in [1.54, 1.807) is 0 Å². The lowest BCUT2D eigenvalue weighted by Gasteiger charge is -2.30. The van der Waals surface area contributed by atoms with Crippen LogP contribution >= 0.6 is 11.3 Å². The van der Waals surface area contributed by atoms with E-state index in [0.717, 1.165) is 34.3 Å². The molecule has 2 heterocycles. The minimum absolute atomic E-state index is 0.0492. The van der Waals surface area contributed by atoms with E-state index >= 15 is 0 Å². The van der Waals surface area contributed by atoms with Gasteiger partial charge in [-0.25, -0.2) is 17.2 Å². The predicted octanol–water partition coefficient (Wildman–Crippen LogP) is 2.81. The van der Waals surface area contributed by atoms with Crippen LogP contribution in [-0.2, 0) is 21.2 Å². The highest BCUT2D eigenvalue weighted by Crippen LogP contribution is 2.27. The van der Waals surface area contributed by atoms with E-state index in [0.29, 0.717) is 11.2 Å². The largest absolute Gasteiger partial charge is 0.300 e. The lowest BCUT2D eigenvalue weighted by Crippen LogP contribution is -2.41. The van der Waals surface area contributed by atoms with Gasteiger partial charge in [0.1, 0.15) is 21.5 Å². The number of amides is 1. The first-order valence-corrected chi connectivity index (χ1v) is 11.2. The summed E-state index contributed by atoms with van der Waals surface area (Å²) in [5.41, 5.74) is 0. The first-order chi connectivity index (χ1) is 13.3. The molecule has 0 saturated carbocycles. The predicted molar refractivity (Wildman–Crippen MR) is 100 cm³/mol. The molecule has 0 unspecified atom stereocenters. The Morgan fingerprint density at radius 1 is 1.29 bits per heavy atom. The molecule has 11 heteroatoms. The number of halogens is 2. The Hall–Kier alpha value is -1.98. The van der Waals surface area contributed by atoms with Crippen molar-refractivity contribution in [3.63, 3.8) is 0 Å². The van der Waals surface area contributed by atoms with Crippen molar-refractivity contribution in [1.82, 2.24) is 14.5 Å². The monoisotopic (exact) mass is 430 g/mol. The van der Waals surface area contributed by atoms with Crippen LogP contribution in [-0.4, -0.2) is 41.9 Å². The Morgan fingerprint density at radius 3 is 2.68 bits per heavy atom. The van der Waals surface area contributed by atoms with Gasteiger partial charge in [0.25, 0.3) is 0 Å². The molecule has 1 N–H and O–H groups in total. The van der Waals surface area contributed by atoms with Gasteiger partial charge in [0.2, 0.25) is 21.1 Å². The topological polar surface area (TPSA) is 92.3 Å². The molecule has 0 aliphatic carbocycles. The van der Waals surface area contributed by atoms with Gasteiger partial charge in [-0.1, -0.05) is 18.3 Å². The Kier molecular flexibility index (Phi) is 6.36. The Morgan fingerprint density at radius 2 is 2.00 bits per heavy atom. The summed E-state index contributed by atoms with van der Waals surface area (Å²) < 4.78 is 53.5. The van der Waals surface area contributed by atoms with Crippen molar-refractivity contribution in [3.05, 3.63) is 34.8 Å². The maximum atomic E-state index is 13.9. The average molecular weight is 431 g/mol. The van der Waals surface area contributed by atoms with Crippen LogP contribution in [0.4, 0.5) is 13.9 Å². The first kappa shape index (κ1) is 20.7.